The number of benzene rings is 2. The fourth-order valence-electron chi connectivity index (χ4n) is 3.42. The van der Waals surface area contributed by atoms with Gasteiger partial charge in [0.05, 0.1) is 0 Å². The lowest BCUT2D eigenvalue weighted by atomic mass is 10.0. The maximum atomic E-state index is 11.4. The van der Waals surface area contributed by atoms with E-state index in [4.69, 9.17) is 4.98 Å². The third-order valence-electron chi connectivity index (χ3n) is 4.76. The van der Waals surface area contributed by atoms with Crippen molar-refractivity contribution in [2.24, 2.45) is 0 Å². The first-order chi connectivity index (χ1) is 13.1. The second-order valence-corrected chi connectivity index (χ2v) is 6.84. The molecule has 1 aromatic heterocycles. The van der Waals surface area contributed by atoms with Gasteiger partial charge in [0.25, 0.3) is 0 Å². The van der Waals surface area contributed by atoms with Gasteiger partial charge in [-0.05, 0) is 62.6 Å². The lowest BCUT2D eigenvalue weighted by molar-refractivity contribution is 0.101. The van der Waals surface area contributed by atoms with Gasteiger partial charge in [-0.3, -0.25) is 4.79 Å². The van der Waals surface area contributed by atoms with Crippen LogP contribution >= 0.6 is 0 Å². The summed E-state index contributed by atoms with van der Waals surface area (Å²) in [4.78, 5) is 23.0. The van der Waals surface area contributed by atoms with Gasteiger partial charge in [0.1, 0.15) is 5.82 Å². The van der Waals surface area contributed by atoms with E-state index in [9.17, 15) is 4.79 Å². The van der Waals surface area contributed by atoms with E-state index in [2.05, 4.69) is 39.5 Å². The van der Waals surface area contributed by atoms with Crippen LogP contribution in [0, 0.1) is 6.92 Å². The number of hydrogen-bond donors (Lipinski definition) is 1. The molecule has 4 rings (SSSR count). The monoisotopic (exact) mass is 358 g/mol. The normalized spacial score (nSPS) is 13.2. The number of nitrogens with one attached hydrogen (secondary N) is 1. The Morgan fingerprint density at radius 2 is 1.85 bits per heavy atom. The van der Waals surface area contributed by atoms with E-state index in [-0.39, 0.29) is 5.78 Å². The Morgan fingerprint density at radius 3 is 2.63 bits per heavy atom. The molecule has 2 aromatic carbocycles. The number of aryl methyl sites for hydroxylation is 2. The molecule has 27 heavy (non-hydrogen) atoms. The van der Waals surface area contributed by atoms with Crippen molar-refractivity contribution in [3.05, 3.63) is 71.4 Å². The highest BCUT2D eigenvalue weighted by atomic mass is 16.1. The molecule has 1 aliphatic heterocycles. The highest BCUT2D eigenvalue weighted by Crippen LogP contribution is 2.32. The highest BCUT2D eigenvalue weighted by molar-refractivity contribution is 5.94. The second-order valence-electron chi connectivity index (χ2n) is 6.84. The topological polar surface area (TPSA) is 58.1 Å². The van der Waals surface area contributed by atoms with Gasteiger partial charge in [-0.15, -0.1) is 0 Å². The number of carbonyl (C=O) groups excluding carboxylic acids is 1. The number of anilines is 4. The number of carbonyl (C=O) groups is 1. The highest BCUT2D eigenvalue weighted by Gasteiger charge is 2.20. The Morgan fingerprint density at radius 1 is 1.07 bits per heavy atom. The lowest BCUT2D eigenvalue weighted by Gasteiger charge is -2.29. The summed E-state index contributed by atoms with van der Waals surface area (Å²) in [6.45, 7) is 4.46. The Kier molecular flexibility index (Phi) is 4.59. The van der Waals surface area contributed by atoms with Crippen LogP contribution in [0.3, 0.4) is 0 Å². The van der Waals surface area contributed by atoms with Gasteiger partial charge in [0.2, 0.25) is 5.95 Å². The largest absolute Gasteiger partial charge is 0.340 e. The van der Waals surface area contributed by atoms with Crippen LogP contribution in [-0.2, 0) is 6.42 Å². The van der Waals surface area contributed by atoms with E-state index < -0.39 is 0 Å². The van der Waals surface area contributed by atoms with Gasteiger partial charge < -0.3 is 10.2 Å². The molecular formula is C22H22N4O. The van der Waals surface area contributed by atoms with Crippen LogP contribution in [0.2, 0.25) is 0 Å². The van der Waals surface area contributed by atoms with Crippen LogP contribution in [0.5, 0.6) is 0 Å². The van der Waals surface area contributed by atoms with Gasteiger partial charge in [-0.25, -0.2) is 4.98 Å². The summed E-state index contributed by atoms with van der Waals surface area (Å²) in [6.07, 6.45) is 2.18. The van der Waals surface area contributed by atoms with E-state index in [1.807, 2.05) is 37.3 Å². The zero-order valence-electron chi connectivity index (χ0n) is 15.6. The summed E-state index contributed by atoms with van der Waals surface area (Å²) in [7, 11) is 0. The molecule has 3 aromatic rings. The second kappa shape index (κ2) is 7.19. The standard InChI is InChI=1S/C22H22N4O/c1-15-14-21(24-19-11-9-17(10-12-19)16(2)27)25-22(23-15)26-13-5-7-18-6-3-4-8-20(18)26/h3-4,6,8-12,14H,5,7,13H2,1-2H3,(H,23,24,25). The molecule has 0 saturated heterocycles. The molecule has 0 saturated carbocycles. The van der Waals surface area contributed by atoms with Crippen molar-refractivity contribution >= 4 is 28.9 Å². The van der Waals surface area contributed by atoms with Crippen molar-refractivity contribution < 1.29 is 4.79 Å². The van der Waals surface area contributed by atoms with E-state index in [1.54, 1.807) is 6.92 Å². The van der Waals surface area contributed by atoms with Crippen LogP contribution in [-0.4, -0.2) is 22.3 Å². The average Bonchev–Trinajstić information content (AvgIpc) is 2.67. The maximum absolute atomic E-state index is 11.4. The molecule has 0 bridgehead atoms. The first kappa shape index (κ1) is 17.2. The van der Waals surface area contributed by atoms with E-state index in [0.29, 0.717) is 11.5 Å². The molecule has 0 aliphatic carbocycles. The Balaban J connectivity index is 1.63. The molecular weight excluding hydrogens is 336 g/mol. The van der Waals surface area contributed by atoms with Crippen molar-refractivity contribution in [3.63, 3.8) is 0 Å². The summed E-state index contributed by atoms with van der Waals surface area (Å²) in [6, 6.07) is 17.8. The number of fused-ring (bicyclic) bond motifs is 1. The Labute approximate surface area is 159 Å². The minimum Gasteiger partial charge on any atom is -0.340 e. The number of hydrogen-bond acceptors (Lipinski definition) is 5. The van der Waals surface area contributed by atoms with E-state index >= 15 is 0 Å². The third kappa shape index (κ3) is 3.67. The average molecular weight is 358 g/mol. The molecule has 2 heterocycles. The first-order valence-electron chi connectivity index (χ1n) is 9.19. The summed E-state index contributed by atoms with van der Waals surface area (Å²) in [5.41, 5.74) is 5.02. The number of para-hydroxylation sites is 1. The maximum Gasteiger partial charge on any atom is 0.232 e. The smallest absolute Gasteiger partial charge is 0.232 e. The molecule has 5 nitrogen and oxygen atoms in total. The number of ketones is 1. The van der Waals surface area contributed by atoms with Gasteiger partial charge in [-0.2, -0.15) is 4.98 Å². The summed E-state index contributed by atoms with van der Waals surface area (Å²) >= 11 is 0. The van der Waals surface area contributed by atoms with Crippen LogP contribution in [0.15, 0.2) is 54.6 Å². The lowest BCUT2D eigenvalue weighted by Crippen LogP contribution is -2.26. The number of nitrogens with zero attached hydrogens (tertiary/aromatic N) is 3. The fraction of sp³-hybridized carbons (Fsp3) is 0.227. The first-order valence-corrected chi connectivity index (χ1v) is 9.19. The van der Waals surface area contributed by atoms with Crippen LogP contribution in [0.1, 0.15) is 35.0 Å². The molecule has 0 amide bonds. The molecule has 0 atom stereocenters. The minimum absolute atomic E-state index is 0.0606. The Hall–Kier alpha value is -3.21. The van der Waals surface area contributed by atoms with Crippen LogP contribution < -0.4 is 10.2 Å². The fourth-order valence-corrected chi connectivity index (χ4v) is 3.42. The van der Waals surface area contributed by atoms with E-state index in [0.717, 1.165) is 36.6 Å². The van der Waals surface area contributed by atoms with Gasteiger partial charge in [0, 0.05) is 35.2 Å². The van der Waals surface area contributed by atoms with Crippen molar-refractivity contribution in [2.75, 3.05) is 16.8 Å². The van der Waals surface area contributed by atoms with Crippen LogP contribution in [0.25, 0.3) is 0 Å². The molecule has 1 aliphatic rings. The zero-order valence-corrected chi connectivity index (χ0v) is 15.6. The predicted molar refractivity (Wildman–Crippen MR) is 108 cm³/mol. The van der Waals surface area contributed by atoms with Crippen molar-refractivity contribution in [3.8, 4) is 0 Å². The summed E-state index contributed by atoms with van der Waals surface area (Å²) in [5.74, 6) is 1.52. The molecule has 0 spiro atoms. The molecule has 0 unspecified atom stereocenters. The Bertz CT molecular complexity index is 982. The predicted octanol–water partition coefficient (Wildman–Crippen LogP) is 4.82. The minimum atomic E-state index is 0.0606. The number of rotatable bonds is 4. The van der Waals surface area contributed by atoms with Crippen LogP contribution in [0.4, 0.5) is 23.1 Å². The number of Topliss-reactive ketones (excluding diaryl/α,β-unsaturated/α-hetero) is 1. The molecule has 5 heteroatoms. The summed E-state index contributed by atoms with van der Waals surface area (Å²) in [5, 5.41) is 3.33. The summed E-state index contributed by atoms with van der Waals surface area (Å²) < 4.78 is 0. The number of aromatic nitrogens is 2. The van der Waals surface area contributed by atoms with Gasteiger partial charge >= 0.3 is 0 Å². The third-order valence-corrected chi connectivity index (χ3v) is 4.76. The van der Waals surface area contributed by atoms with Gasteiger partial charge in [-0.1, -0.05) is 18.2 Å². The quantitative estimate of drug-likeness (QED) is 0.678. The molecule has 136 valence electrons. The van der Waals surface area contributed by atoms with Crippen molar-refractivity contribution in [2.45, 2.75) is 26.7 Å². The molecule has 0 fully saturated rings. The van der Waals surface area contributed by atoms with Crippen molar-refractivity contribution in [1.82, 2.24) is 9.97 Å². The van der Waals surface area contributed by atoms with E-state index in [1.165, 1.54) is 11.3 Å². The molecule has 1 N–H and O–H groups in total. The SMILES string of the molecule is CC(=O)c1ccc(Nc2cc(C)nc(N3CCCc4ccccc43)n2)cc1. The zero-order chi connectivity index (χ0) is 18.8. The van der Waals surface area contributed by atoms with Gasteiger partial charge in [0.15, 0.2) is 5.78 Å². The van der Waals surface area contributed by atoms with Crippen molar-refractivity contribution in [1.29, 1.82) is 0 Å². The molecule has 0 radical (unpaired) electrons.